The number of benzene rings is 2. The summed E-state index contributed by atoms with van der Waals surface area (Å²) in [6.45, 7) is 1.68. The molecule has 2 N–H and O–H groups in total. The van der Waals surface area contributed by atoms with Crippen LogP contribution in [0.25, 0.3) is 0 Å². The molecule has 0 heterocycles. The van der Waals surface area contributed by atoms with Crippen molar-refractivity contribution in [1.29, 1.82) is 0 Å². The van der Waals surface area contributed by atoms with Gasteiger partial charge in [-0.2, -0.15) is 0 Å². The summed E-state index contributed by atoms with van der Waals surface area (Å²) in [5.41, 5.74) is 1.28. The van der Waals surface area contributed by atoms with E-state index in [0.29, 0.717) is 16.5 Å². The fourth-order valence-electron chi connectivity index (χ4n) is 2.03. The molecule has 132 valence electrons. The van der Waals surface area contributed by atoms with E-state index in [1.165, 1.54) is 7.11 Å². The molecule has 0 aliphatic carbocycles. The first kappa shape index (κ1) is 18.6. The van der Waals surface area contributed by atoms with Crippen molar-refractivity contribution in [3.8, 4) is 5.75 Å². The van der Waals surface area contributed by atoms with E-state index in [2.05, 4.69) is 10.6 Å². The lowest BCUT2D eigenvalue weighted by atomic mass is 10.2. The molecule has 1 atom stereocenters. The third-order valence-electron chi connectivity index (χ3n) is 3.36. The minimum Gasteiger partial charge on any atom is -0.495 e. The average molecular weight is 363 g/mol. The molecule has 0 fully saturated rings. The van der Waals surface area contributed by atoms with E-state index >= 15 is 0 Å². The van der Waals surface area contributed by atoms with Gasteiger partial charge in [-0.3, -0.25) is 4.79 Å². The summed E-state index contributed by atoms with van der Waals surface area (Å²) >= 11 is 5.92. The summed E-state index contributed by atoms with van der Waals surface area (Å²) < 4.78 is 10.3. The zero-order chi connectivity index (χ0) is 18.2. The van der Waals surface area contributed by atoms with Crippen molar-refractivity contribution >= 4 is 29.3 Å². The Hall–Kier alpha value is -2.73. The van der Waals surface area contributed by atoms with Crippen LogP contribution in [0.1, 0.15) is 12.5 Å². The molecule has 2 amide bonds. The molecular formula is C18H19ClN2O4. The van der Waals surface area contributed by atoms with Crippen LogP contribution >= 0.6 is 11.6 Å². The summed E-state index contributed by atoms with van der Waals surface area (Å²) in [7, 11) is 1.49. The van der Waals surface area contributed by atoms with E-state index in [0.717, 1.165) is 5.56 Å². The highest BCUT2D eigenvalue weighted by Crippen LogP contribution is 2.27. The zero-order valence-electron chi connectivity index (χ0n) is 13.9. The van der Waals surface area contributed by atoms with Crippen LogP contribution in [0, 0.1) is 0 Å². The normalized spacial score (nSPS) is 11.3. The standard InChI is InChI=1S/C18H19ClN2O4/c1-12(20-18(23)25-11-13-6-4-3-5-7-13)17(22)21-15-10-14(19)8-9-16(15)24-2/h3-10,12H,11H2,1-2H3,(H,20,23)(H,21,22)/t12-/m1/s1. The third-order valence-corrected chi connectivity index (χ3v) is 3.59. The van der Waals surface area contributed by atoms with Crippen LogP contribution in [0.4, 0.5) is 10.5 Å². The number of halogens is 1. The largest absolute Gasteiger partial charge is 0.495 e. The van der Waals surface area contributed by atoms with Gasteiger partial charge in [0, 0.05) is 5.02 Å². The molecule has 0 bridgehead atoms. The van der Waals surface area contributed by atoms with Gasteiger partial charge in [0.25, 0.3) is 0 Å². The van der Waals surface area contributed by atoms with Gasteiger partial charge in [0.2, 0.25) is 5.91 Å². The first-order valence-electron chi connectivity index (χ1n) is 7.61. The Labute approximate surface area is 151 Å². The van der Waals surface area contributed by atoms with Crippen molar-refractivity contribution in [2.45, 2.75) is 19.6 Å². The maximum absolute atomic E-state index is 12.2. The van der Waals surface area contributed by atoms with E-state index in [1.807, 2.05) is 30.3 Å². The van der Waals surface area contributed by atoms with Crippen molar-refractivity contribution < 1.29 is 19.1 Å². The highest BCUT2D eigenvalue weighted by Gasteiger charge is 2.18. The molecule has 7 heteroatoms. The minimum absolute atomic E-state index is 0.128. The lowest BCUT2D eigenvalue weighted by Gasteiger charge is -2.16. The fraction of sp³-hybridized carbons (Fsp3) is 0.222. The second-order valence-electron chi connectivity index (χ2n) is 5.26. The summed E-state index contributed by atoms with van der Waals surface area (Å²) in [5.74, 6) is 0.0498. The van der Waals surface area contributed by atoms with Crippen molar-refractivity contribution in [1.82, 2.24) is 5.32 Å². The number of hydrogen-bond donors (Lipinski definition) is 2. The number of hydrogen-bond acceptors (Lipinski definition) is 4. The van der Waals surface area contributed by atoms with E-state index in [-0.39, 0.29) is 6.61 Å². The van der Waals surface area contributed by atoms with Gasteiger partial charge in [-0.25, -0.2) is 4.79 Å². The van der Waals surface area contributed by atoms with Gasteiger partial charge in [0.15, 0.2) is 0 Å². The first-order valence-corrected chi connectivity index (χ1v) is 7.99. The quantitative estimate of drug-likeness (QED) is 0.823. The van der Waals surface area contributed by atoms with Gasteiger partial charge >= 0.3 is 6.09 Å². The maximum atomic E-state index is 12.2. The van der Waals surface area contributed by atoms with Crippen LogP contribution in [-0.4, -0.2) is 25.2 Å². The van der Waals surface area contributed by atoms with Gasteiger partial charge in [-0.15, -0.1) is 0 Å². The van der Waals surface area contributed by atoms with Gasteiger partial charge in [0.1, 0.15) is 18.4 Å². The van der Waals surface area contributed by atoms with Crippen molar-refractivity contribution in [2.75, 3.05) is 12.4 Å². The van der Waals surface area contributed by atoms with Crippen LogP contribution in [-0.2, 0) is 16.1 Å². The number of amides is 2. The number of nitrogens with one attached hydrogen (secondary N) is 2. The SMILES string of the molecule is COc1ccc(Cl)cc1NC(=O)[C@@H](C)NC(=O)OCc1ccccc1. The van der Waals surface area contributed by atoms with E-state index in [1.54, 1.807) is 25.1 Å². The molecule has 2 aromatic rings. The summed E-state index contributed by atoms with van der Waals surface area (Å²) in [4.78, 5) is 24.0. The maximum Gasteiger partial charge on any atom is 0.408 e. The van der Waals surface area contributed by atoms with E-state index in [4.69, 9.17) is 21.1 Å². The Morgan fingerprint density at radius 1 is 1.16 bits per heavy atom. The smallest absolute Gasteiger partial charge is 0.408 e. The van der Waals surface area contributed by atoms with Crippen molar-refractivity contribution in [3.63, 3.8) is 0 Å². The molecule has 0 spiro atoms. The fourth-order valence-corrected chi connectivity index (χ4v) is 2.20. The second kappa shape index (κ2) is 8.94. The summed E-state index contributed by atoms with van der Waals surface area (Å²) in [6.07, 6.45) is -0.676. The lowest BCUT2D eigenvalue weighted by Crippen LogP contribution is -2.41. The Bertz CT molecular complexity index is 737. The molecule has 0 saturated heterocycles. The Morgan fingerprint density at radius 2 is 1.88 bits per heavy atom. The van der Waals surface area contributed by atoms with Gasteiger partial charge in [-0.1, -0.05) is 41.9 Å². The van der Waals surface area contributed by atoms with Gasteiger partial charge in [-0.05, 0) is 30.7 Å². The number of anilines is 1. The number of carbonyl (C=O) groups excluding carboxylic acids is 2. The number of ether oxygens (including phenoxy) is 2. The van der Waals surface area contributed by atoms with Crippen LogP contribution < -0.4 is 15.4 Å². The Kier molecular flexibility index (Phi) is 6.65. The molecule has 25 heavy (non-hydrogen) atoms. The molecule has 0 saturated carbocycles. The molecule has 0 radical (unpaired) electrons. The summed E-state index contributed by atoms with van der Waals surface area (Å²) in [6, 6.07) is 13.3. The zero-order valence-corrected chi connectivity index (χ0v) is 14.7. The van der Waals surface area contributed by atoms with Gasteiger partial charge < -0.3 is 20.1 Å². The molecule has 0 aromatic heterocycles. The monoisotopic (exact) mass is 362 g/mol. The molecule has 0 aliphatic heterocycles. The second-order valence-corrected chi connectivity index (χ2v) is 5.70. The van der Waals surface area contributed by atoms with Crippen LogP contribution in [0.15, 0.2) is 48.5 Å². The average Bonchev–Trinajstić information content (AvgIpc) is 2.61. The molecule has 2 rings (SSSR count). The van der Waals surface area contributed by atoms with E-state index in [9.17, 15) is 9.59 Å². The third kappa shape index (κ3) is 5.69. The van der Waals surface area contributed by atoms with Crippen LogP contribution in [0.2, 0.25) is 5.02 Å². The Balaban J connectivity index is 1.87. The predicted molar refractivity (Wildman–Crippen MR) is 95.9 cm³/mol. The van der Waals surface area contributed by atoms with E-state index < -0.39 is 18.0 Å². The number of alkyl carbamates (subject to hydrolysis) is 1. The number of carbonyl (C=O) groups is 2. The van der Waals surface area contributed by atoms with Crippen molar-refractivity contribution in [3.05, 3.63) is 59.1 Å². The number of rotatable bonds is 6. The topological polar surface area (TPSA) is 76.7 Å². The molecular weight excluding hydrogens is 344 g/mol. The lowest BCUT2D eigenvalue weighted by molar-refractivity contribution is -0.117. The number of methoxy groups -OCH3 is 1. The molecule has 0 aliphatic rings. The van der Waals surface area contributed by atoms with Crippen LogP contribution in [0.5, 0.6) is 5.75 Å². The van der Waals surface area contributed by atoms with Crippen LogP contribution in [0.3, 0.4) is 0 Å². The highest BCUT2D eigenvalue weighted by molar-refractivity contribution is 6.31. The minimum atomic E-state index is -0.799. The van der Waals surface area contributed by atoms with Crippen molar-refractivity contribution in [2.24, 2.45) is 0 Å². The van der Waals surface area contributed by atoms with Gasteiger partial charge in [0.05, 0.1) is 12.8 Å². The summed E-state index contributed by atoms with van der Waals surface area (Å²) in [5, 5.41) is 5.60. The Morgan fingerprint density at radius 3 is 2.56 bits per heavy atom. The highest BCUT2D eigenvalue weighted by atomic mass is 35.5. The molecule has 0 unspecified atom stereocenters. The molecule has 2 aromatic carbocycles. The molecule has 6 nitrogen and oxygen atoms in total. The predicted octanol–water partition coefficient (Wildman–Crippen LogP) is 3.60. The first-order chi connectivity index (χ1) is 12.0.